The Morgan fingerprint density at radius 1 is 0.435 bits per heavy atom. The molecule has 0 radical (unpaired) electrons. The van der Waals surface area contributed by atoms with E-state index in [1.807, 2.05) is 60.7 Å². The Hall–Kier alpha value is -7.12. The molecule has 18 heteroatoms. The first-order valence-electron chi connectivity index (χ1n) is 18.6. The second kappa shape index (κ2) is 18.2. The summed E-state index contributed by atoms with van der Waals surface area (Å²) in [6.45, 7) is 0. The molecule has 0 aliphatic heterocycles. The zero-order valence-electron chi connectivity index (χ0n) is 32.2. The van der Waals surface area contributed by atoms with Crippen molar-refractivity contribution in [1.29, 1.82) is 0 Å². The van der Waals surface area contributed by atoms with Crippen LogP contribution in [0.15, 0.2) is 202 Å². The van der Waals surface area contributed by atoms with E-state index in [9.17, 15) is 26.4 Å². The fourth-order valence-electron chi connectivity index (χ4n) is 6.08. The number of aromatic nitrogens is 4. The van der Waals surface area contributed by atoms with Crippen LogP contribution in [0, 0.1) is 0 Å². The first-order chi connectivity index (χ1) is 30.0. The number of nitrogens with zero attached hydrogens (tertiary/aromatic N) is 4. The Morgan fingerprint density at radius 3 is 1.18 bits per heavy atom. The third-order valence-electron chi connectivity index (χ3n) is 9.09. The molecule has 0 aliphatic rings. The maximum absolute atomic E-state index is 13.5. The SMILES string of the molecule is O=C(Nc1ccc(S(=O)(=O)Nc2ccnn2-c2ccccc2)cc1)c1ccccc1SSc1ccccc1C(=O)Nc1ccc(S(=O)(=O)Nc2ccnn2-c2ccccc2)cc1. The van der Waals surface area contributed by atoms with E-state index in [2.05, 4.69) is 30.3 Å². The topological polar surface area (TPSA) is 186 Å². The summed E-state index contributed by atoms with van der Waals surface area (Å²) in [5, 5.41) is 14.1. The molecule has 2 amide bonds. The average molecular weight is 899 g/mol. The van der Waals surface area contributed by atoms with E-state index in [-0.39, 0.29) is 21.4 Å². The van der Waals surface area contributed by atoms with Gasteiger partial charge in [-0.1, -0.05) is 82.3 Å². The van der Waals surface area contributed by atoms with Crippen LogP contribution in [0.2, 0.25) is 0 Å². The highest BCUT2D eigenvalue weighted by Crippen LogP contribution is 2.41. The number of hydrogen-bond donors (Lipinski definition) is 4. The molecule has 14 nitrogen and oxygen atoms in total. The van der Waals surface area contributed by atoms with Gasteiger partial charge < -0.3 is 10.6 Å². The molecule has 2 heterocycles. The highest BCUT2D eigenvalue weighted by atomic mass is 33.1. The molecule has 8 rings (SSSR count). The molecule has 6 aromatic carbocycles. The Labute approximate surface area is 364 Å². The number of carbonyl (C=O) groups excluding carboxylic acids is 2. The summed E-state index contributed by atoms with van der Waals surface area (Å²) in [5.74, 6) is -0.295. The van der Waals surface area contributed by atoms with Crippen LogP contribution in [0.1, 0.15) is 20.7 Å². The van der Waals surface area contributed by atoms with E-state index in [1.54, 1.807) is 60.7 Å². The molecule has 0 unspecified atom stereocenters. The van der Waals surface area contributed by atoms with Crippen LogP contribution < -0.4 is 20.1 Å². The molecule has 0 atom stereocenters. The lowest BCUT2D eigenvalue weighted by Gasteiger charge is -2.13. The number of anilines is 4. The van der Waals surface area contributed by atoms with Crippen LogP contribution in [-0.4, -0.2) is 48.2 Å². The van der Waals surface area contributed by atoms with Crippen molar-refractivity contribution in [3.63, 3.8) is 0 Å². The normalized spacial score (nSPS) is 11.4. The minimum absolute atomic E-state index is 0.00638. The van der Waals surface area contributed by atoms with Crippen LogP contribution in [-0.2, 0) is 20.0 Å². The molecule has 0 fully saturated rings. The van der Waals surface area contributed by atoms with E-state index < -0.39 is 31.9 Å². The first kappa shape index (κ1) is 41.6. The van der Waals surface area contributed by atoms with E-state index >= 15 is 0 Å². The van der Waals surface area contributed by atoms with E-state index in [0.29, 0.717) is 43.7 Å². The van der Waals surface area contributed by atoms with Crippen molar-refractivity contribution < 1.29 is 26.4 Å². The minimum atomic E-state index is -3.99. The molecule has 8 aromatic rings. The lowest BCUT2D eigenvalue weighted by molar-refractivity contribution is 0.101. The number of sulfonamides is 2. The number of rotatable bonds is 15. The van der Waals surface area contributed by atoms with Gasteiger partial charge in [-0.05, 0) is 97.1 Å². The second-order valence-corrected chi connectivity index (χ2v) is 18.8. The molecule has 0 saturated heterocycles. The number of benzene rings is 6. The Morgan fingerprint density at radius 2 is 0.790 bits per heavy atom. The molecule has 2 aromatic heterocycles. The van der Waals surface area contributed by atoms with Crippen molar-refractivity contribution in [3.8, 4) is 11.4 Å². The third kappa shape index (κ3) is 9.58. The van der Waals surface area contributed by atoms with Gasteiger partial charge in [0.1, 0.15) is 11.6 Å². The number of nitrogens with one attached hydrogen (secondary N) is 4. The van der Waals surface area contributed by atoms with Crippen molar-refractivity contribution in [2.24, 2.45) is 0 Å². The molecule has 62 heavy (non-hydrogen) atoms. The molecule has 0 bridgehead atoms. The highest BCUT2D eigenvalue weighted by Gasteiger charge is 2.21. The third-order valence-corrected chi connectivity index (χ3v) is 14.3. The average Bonchev–Trinajstić information content (AvgIpc) is 3.96. The Bertz CT molecular complexity index is 2880. The summed E-state index contributed by atoms with van der Waals surface area (Å²) in [6, 6.07) is 47.0. The monoisotopic (exact) mass is 898 g/mol. The Balaban J connectivity index is 0.891. The van der Waals surface area contributed by atoms with Crippen LogP contribution in [0.5, 0.6) is 0 Å². The predicted molar refractivity (Wildman–Crippen MR) is 242 cm³/mol. The zero-order valence-corrected chi connectivity index (χ0v) is 35.5. The van der Waals surface area contributed by atoms with Gasteiger partial charge in [0.25, 0.3) is 31.9 Å². The van der Waals surface area contributed by atoms with Gasteiger partial charge in [0.05, 0.1) is 44.7 Å². The van der Waals surface area contributed by atoms with Gasteiger partial charge in [0.15, 0.2) is 0 Å². The van der Waals surface area contributed by atoms with Crippen LogP contribution in [0.3, 0.4) is 0 Å². The summed E-state index contributed by atoms with van der Waals surface area (Å²) in [6.07, 6.45) is 3.00. The summed E-state index contributed by atoms with van der Waals surface area (Å²) < 4.78 is 61.2. The van der Waals surface area contributed by atoms with Crippen molar-refractivity contribution in [1.82, 2.24) is 19.6 Å². The molecule has 4 N–H and O–H groups in total. The van der Waals surface area contributed by atoms with Crippen molar-refractivity contribution in [3.05, 3.63) is 193 Å². The smallest absolute Gasteiger partial charge is 0.263 e. The van der Waals surface area contributed by atoms with Gasteiger partial charge >= 0.3 is 0 Å². The summed E-state index contributed by atoms with van der Waals surface area (Å²) >= 11 is 0. The first-order valence-corrected chi connectivity index (χ1v) is 23.8. The van der Waals surface area contributed by atoms with Crippen LogP contribution in [0.4, 0.5) is 23.0 Å². The number of carbonyl (C=O) groups is 2. The summed E-state index contributed by atoms with van der Waals surface area (Å²) in [7, 11) is -5.39. The number of para-hydroxylation sites is 2. The minimum Gasteiger partial charge on any atom is -0.322 e. The van der Waals surface area contributed by atoms with Gasteiger partial charge in [-0.2, -0.15) is 10.2 Å². The molecular weight excluding hydrogens is 865 g/mol. The lowest BCUT2D eigenvalue weighted by atomic mass is 10.2. The standard InChI is InChI=1S/C44H34N8O6S4/c53-43(47-31-19-23-35(24-20-31)61(55,56)49-41-27-29-45-51(41)33-11-3-1-4-12-33)37-15-7-9-17-39(37)59-60-40-18-10-8-16-38(40)44(54)48-32-21-25-36(26-22-32)62(57,58)50-42-28-30-46-52(42)34-13-5-2-6-14-34/h1-30,49-50H,(H,47,53)(H,48,54). The van der Waals surface area contributed by atoms with Crippen molar-refractivity contribution in [2.75, 3.05) is 20.1 Å². The molecule has 0 aliphatic carbocycles. The quantitative estimate of drug-likeness (QED) is 0.0724. The van der Waals surface area contributed by atoms with Gasteiger partial charge in [0.2, 0.25) is 0 Å². The fourth-order valence-corrected chi connectivity index (χ4v) is 10.5. The highest BCUT2D eigenvalue weighted by molar-refractivity contribution is 8.76. The van der Waals surface area contributed by atoms with Crippen molar-refractivity contribution in [2.45, 2.75) is 19.6 Å². The lowest BCUT2D eigenvalue weighted by Crippen LogP contribution is -2.16. The van der Waals surface area contributed by atoms with Gasteiger partial charge in [-0.3, -0.25) is 19.0 Å². The van der Waals surface area contributed by atoms with Gasteiger partial charge in [-0.15, -0.1) is 0 Å². The van der Waals surface area contributed by atoms with Gasteiger partial charge in [-0.25, -0.2) is 26.2 Å². The van der Waals surface area contributed by atoms with E-state index in [0.717, 1.165) is 0 Å². The zero-order chi connectivity index (χ0) is 43.1. The second-order valence-electron chi connectivity index (χ2n) is 13.3. The summed E-state index contributed by atoms with van der Waals surface area (Å²) in [5.41, 5.74) is 2.89. The molecule has 310 valence electrons. The van der Waals surface area contributed by atoms with Crippen LogP contribution >= 0.6 is 21.6 Å². The molecule has 0 saturated carbocycles. The van der Waals surface area contributed by atoms with E-state index in [4.69, 9.17) is 0 Å². The Kier molecular flexibility index (Phi) is 12.2. The fraction of sp³-hybridized carbons (Fsp3) is 0. The van der Waals surface area contributed by atoms with Crippen molar-refractivity contribution >= 4 is 76.5 Å². The van der Waals surface area contributed by atoms with Crippen LogP contribution in [0.25, 0.3) is 11.4 Å². The molecule has 0 spiro atoms. The maximum Gasteiger partial charge on any atom is 0.263 e. The summed E-state index contributed by atoms with van der Waals surface area (Å²) in [4.78, 5) is 28.3. The molecular formula is C44H34N8O6S4. The number of amides is 2. The van der Waals surface area contributed by atoms with Gasteiger partial charge in [0, 0.05) is 33.3 Å². The number of hydrogen-bond acceptors (Lipinski definition) is 10. The van der Waals surface area contributed by atoms with E-state index in [1.165, 1.54) is 91.9 Å². The maximum atomic E-state index is 13.5. The largest absolute Gasteiger partial charge is 0.322 e. The predicted octanol–water partition coefficient (Wildman–Crippen LogP) is 8.96.